The molecular weight excluding hydrogens is 273 g/mol. The van der Waals surface area contributed by atoms with E-state index in [2.05, 4.69) is 4.98 Å². The molecule has 2 aromatic rings. The number of ether oxygens (including phenoxy) is 1. The zero-order valence-corrected chi connectivity index (χ0v) is 11.3. The molecule has 0 bridgehead atoms. The van der Waals surface area contributed by atoms with Gasteiger partial charge in [-0.2, -0.15) is 5.26 Å². The standard InChI is InChI=1S/C14H14FN5O/c15-11-7-10(20-9-18-12(8-16)14(20)17)1-2-13(11)19-3-5-21-6-4-19/h1-2,7,9H,3-6,17H2. The van der Waals surface area contributed by atoms with Crippen LogP contribution in [0.15, 0.2) is 24.5 Å². The van der Waals surface area contributed by atoms with Crippen LogP contribution in [-0.2, 0) is 4.74 Å². The molecule has 7 heteroatoms. The van der Waals surface area contributed by atoms with Crippen LogP contribution in [-0.4, -0.2) is 35.9 Å². The molecule has 0 unspecified atom stereocenters. The zero-order chi connectivity index (χ0) is 14.8. The zero-order valence-electron chi connectivity index (χ0n) is 11.3. The Morgan fingerprint density at radius 2 is 2.10 bits per heavy atom. The van der Waals surface area contributed by atoms with E-state index in [0.29, 0.717) is 37.7 Å². The lowest BCUT2D eigenvalue weighted by molar-refractivity contribution is 0.122. The summed E-state index contributed by atoms with van der Waals surface area (Å²) in [6.07, 6.45) is 1.41. The van der Waals surface area contributed by atoms with Crippen LogP contribution in [0, 0.1) is 17.1 Å². The maximum atomic E-state index is 14.3. The minimum Gasteiger partial charge on any atom is -0.382 e. The highest BCUT2D eigenvalue weighted by molar-refractivity contribution is 5.56. The fourth-order valence-corrected chi connectivity index (χ4v) is 2.36. The molecule has 1 aliphatic heterocycles. The number of nitrogens with two attached hydrogens (primary N) is 1. The van der Waals surface area contributed by atoms with Crippen LogP contribution in [0.1, 0.15) is 5.69 Å². The molecule has 0 amide bonds. The van der Waals surface area contributed by atoms with Gasteiger partial charge in [0.15, 0.2) is 5.69 Å². The van der Waals surface area contributed by atoms with Crippen LogP contribution >= 0.6 is 0 Å². The average Bonchev–Trinajstić information content (AvgIpc) is 2.89. The third-order valence-electron chi connectivity index (χ3n) is 3.47. The molecule has 3 rings (SSSR count). The Kier molecular flexibility index (Phi) is 3.46. The van der Waals surface area contributed by atoms with Gasteiger partial charge < -0.3 is 15.4 Å². The molecule has 0 saturated carbocycles. The van der Waals surface area contributed by atoms with Crippen molar-refractivity contribution in [3.05, 3.63) is 36.0 Å². The summed E-state index contributed by atoms with van der Waals surface area (Å²) in [6.45, 7) is 2.53. The van der Waals surface area contributed by atoms with Gasteiger partial charge in [-0.05, 0) is 12.1 Å². The normalized spacial score (nSPS) is 15.0. The molecule has 0 atom stereocenters. The SMILES string of the molecule is N#Cc1ncn(-c2ccc(N3CCOCC3)c(F)c2)c1N. The summed E-state index contributed by atoms with van der Waals surface area (Å²) < 4.78 is 21.1. The van der Waals surface area contributed by atoms with E-state index in [1.54, 1.807) is 12.1 Å². The number of hydrogen-bond acceptors (Lipinski definition) is 5. The molecule has 6 nitrogen and oxygen atoms in total. The van der Waals surface area contributed by atoms with Crippen molar-refractivity contribution in [1.82, 2.24) is 9.55 Å². The number of nitriles is 1. The van der Waals surface area contributed by atoms with Gasteiger partial charge in [0, 0.05) is 19.2 Å². The first-order valence-electron chi connectivity index (χ1n) is 6.56. The van der Waals surface area contributed by atoms with Crippen LogP contribution in [0.2, 0.25) is 0 Å². The largest absolute Gasteiger partial charge is 0.382 e. The monoisotopic (exact) mass is 287 g/mol. The van der Waals surface area contributed by atoms with Gasteiger partial charge in [-0.25, -0.2) is 9.37 Å². The van der Waals surface area contributed by atoms with E-state index in [9.17, 15) is 4.39 Å². The van der Waals surface area contributed by atoms with E-state index >= 15 is 0 Å². The minimum absolute atomic E-state index is 0.132. The van der Waals surface area contributed by atoms with Crippen molar-refractivity contribution in [3.8, 4) is 11.8 Å². The summed E-state index contributed by atoms with van der Waals surface area (Å²) >= 11 is 0. The molecule has 2 heterocycles. The second-order valence-electron chi connectivity index (χ2n) is 4.70. The molecule has 1 aromatic carbocycles. The molecule has 0 radical (unpaired) electrons. The molecular formula is C14H14FN5O. The van der Waals surface area contributed by atoms with Crippen molar-refractivity contribution in [2.45, 2.75) is 0 Å². The second-order valence-corrected chi connectivity index (χ2v) is 4.70. The number of halogens is 1. The summed E-state index contributed by atoms with van der Waals surface area (Å²) in [5, 5.41) is 8.85. The highest BCUT2D eigenvalue weighted by Crippen LogP contribution is 2.25. The van der Waals surface area contributed by atoms with Crippen molar-refractivity contribution in [3.63, 3.8) is 0 Å². The van der Waals surface area contributed by atoms with Crippen molar-refractivity contribution < 1.29 is 9.13 Å². The molecule has 0 aliphatic carbocycles. The van der Waals surface area contributed by atoms with Crippen molar-refractivity contribution in [1.29, 1.82) is 5.26 Å². The summed E-state index contributed by atoms with van der Waals surface area (Å²) in [4.78, 5) is 5.83. The summed E-state index contributed by atoms with van der Waals surface area (Å²) in [5.74, 6) is -0.128. The first-order chi connectivity index (χ1) is 10.2. The van der Waals surface area contributed by atoms with Gasteiger partial charge in [-0.1, -0.05) is 0 Å². The highest BCUT2D eigenvalue weighted by atomic mass is 19.1. The summed E-state index contributed by atoms with van der Waals surface area (Å²) in [6, 6.07) is 6.75. The van der Waals surface area contributed by atoms with E-state index in [1.807, 2.05) is 11.0 Å². The lowest BCUT2D eigenvalue weighted by atomic mass is 10.2. The van der Waals surface area contributed by atoms with Crippen LogP contribution < -0.4 is 10.6 Å². The van der Waals surface area contributed by atoms with Gasteiger partial charge in [0.05, 0.1) is 24.6 Å². The Labute approximate surface area is 121 Å². The van der Waals surface area contributed by atoms with Crippen LogP contribution in [0.25, 0.3) is 5.69 Å². The average molecular weight is 287 g/mol. The maximum Gasteiger partial charge on any atom is 0.182 e. The van der Waals surface area contributed by atoms with E-state index in [4.69, 9.17) is 15.7 Å². The van der Waals surface area contributed by atoms with Gasteiger partial charge in [0.1, 0.15) is 24.0 Å². The Bertz CT molecular complexity index is 700. The minimum atomic E-state index is -0.332. The third-order valence-corrected chi connectivity index (χ3v) is 3.47. The lowest BCUT2D eigenvalue weighted by Crippen LogP contribution is -2.36. The van der Waals surface area contributed by atoms with E-state index in [-0.39, 0.29) is 17.3 Å². The topological polar surface area (TPSA) is 80.1 Å². The predicted octanol–water partition coefficient (Wildman–Crippen LogP) is 1.30. The number of morpholine rings is 1. The number of nitrogen functional groups attached to an aromatic ring is 1. The molecule has 21 heavy (non-hydrogen) atoms. The Hall–Kier alpha value is -2.59. The Morgan fingerprint density at radius 3 is 2.71 bits per heavy atom. The molecule has 108 valence electrons. The quantitative estimate of drug-likeness (QED) is 0.900. The summed E-state index contributed by atoms with van der Waals surface area (Å²) in [7, 11) is 0. The lowest BCUT2D eigenvalue weighted by Gasteiger charge is -2.29. The van der Waals surface area contributed by atoms with Gasteiger partial charge >= 0.3 is 0 Å². The Balaban J connectivity index is 1.93. The molecule has 1 aliphatic rings. The number of hydrogen-bond donors (Lipinski definition) is 1. The van der Waals surface area contributed by atoms with E-state index in [0.717, 1.165) is 0 Å². The second kappa shape index (κ2) is 5.42. The summed E-state index contributed by atoms with van der Waals surface area (Å²) in [5.41, 5.74) is 7.02. The first-order valence-corrected chi connectivity index (χ1v) is 6.56. The number of aromatic nitrogens is 2. The van der Waals surface area contributed by atoms with Crippen molar-refractivity contribution >= 4 is 11.5 Å². The van der Waals surface area contributed by atoms with Gasteiger partial charge in [0.2, 0.25) is 0 Å². The number of imidazole rings is 1. The molecule has 1 saturated heterocycles. The first kappa shape index (κ1) is 13.4. The number of anilines is 2. The van der Waals surface area contributed by atoms with Crippen LogP contribution in [0.3, 0.4) is 0 Å². The highest BCUT2D eigenvalue weighted by Gasteiger charge is 2.16. The molecule has 2 N–H and O–H groups in total. The smallest absolute Gasteiger partial charge is 0.182 e. The van der Waals surface area contributed by atoms with Gasteiger partial charge in [0.25, 0.3) is 0 Å². The maximum absolute atomic E-state index is 14.3. The number of rotatable bonds is 2. The van der Waals surface area contributed by atoms with Crippen molar-refractivity contribution in [2.75, 3.05) is 36.9 Å². The predicted molar refractivity (Wildman–Crippen MR) is 75.7 cm³/mol. The van der Waals surface area contributed by atoms with Crippen LogP contribution in [0.5, 0.6) is 0 Å². The van der Waals surface area contributed by atoms with Crippen molar-refractivity contribution in [2.24, 2.45) is 0 Å². The Morgan fingerprint density at radius 1 is 1.33 bits per heavy atom. The van der Waals surface area contributed by atoms with Gasteiger partial charge in [-0.15, -0.1) is 0 Å². The van der Waals surface area contributed by atoms with Crippen LogP contribution in [0.4, 0.5) is 15.9 Å². The number of benzene rings is 1. The van der Waals surface area contributed by atoms with E-state index in [1.165, 1.54) is 17.0 Å². The van der Waals surface area contributed by atoms with E-state index < -0.39 is 0 Å². The molecule has 1 aromatic heterocycles. The number of nitrogens with zero attached hydrogens (tertiary/aromatic N) is 4. The fraction of sp³-hybridized carbons (Fsp3) is 0.286. The molecule has 0 spiro atoms. The molecule has 1 fully saturated rings. The van der Waals surface area contributed by atoms with Gasteiger partial charge in [-0.3, -0.25) is 4.57 Å². The third kappa shape index (κ3) is 2.41. The fourth-order valence-electron chi connectivity index (χ4n) is 2.36.